The smallest absolute Gasteiger partial charge is 0.416 e. The quantitative estimate of drug-likeness (QED) is 0.513. The number of aromatic nitrogens is 1. The van der Waals surface area contributed by atoms with E-state index in [0.717, 1.165) is 12.1 Å². The Labute approximate surface area is 162 Å². The number of halogens is 5. The highest BCUT2D eigenvalue weighted by Gasteiger charge is 2.30. The summed E-state index contributed by atoms with van der Waals surface area (Å²) in [6, 6.07) is 9.06. The van der Waals surface area contributed by atoms with Crippen LogP contribution in [0.1, 0.15) is 5.56 Å². The Hall–Kier alpha value is -2.44. The molecule has 0 N–H and O–H groups in total. The highest BCUT2D eigenvalue weighted by atomic mass is 35.5. The van der Waals surface area contributed by atoms with E-state index in [4.69, 9.17) is 27.9 Å². The summed E-state index contributed by atoms with van der Waals surface area (Å²) < 4.78 is 46.0. The molecular weight excluding hydrogens is 402 g/mol. The maximum atomic E-state index is 13.0. The second-order valence-electron chi connectivity index (χ2n) is 5.79. The van der Waals surface area contributed by atoms with Crippen molar-refractivity contribution in [2.45, 2.75) is 6.18 Å². The molecule has 3 aromatic rings. The third-order valence-electron chi connectivity index (χ3n) is 3.74. The molecule has 1 aromatic heterocycles. The van der Waals surface area contributed by atoms with Gasteiger partial charge in [0.1, 0.15) is 5.75 Å². The summed E-state index contributed by atoms with van der Waals surface area (Å²) in [7, 11) is 1.63. The van der Waals surface area contributed by atoms with Gasteiger partial charge in [0.25, 0.3) is 0 Å². The van der Waals surface area contributed by atoms with Crippen LogP contribution in [-0.2, 0) is 13.2 Å². The van der Waals surface area contributed by atoms with Crippen LogP contribution in [0.15, 0.2) is 59.7 Å². The van der Waals surface area contributed by atoms with Crippen molar-refractivity contribution in [3.05, 3.63) is 80.7 Å². The lowest BCUT2D eigenvalue weighted by Gasteiger charge is -2.12. The molecule has 0 aliphatic rings. The summed E-state index contributed by atoms with van der Waals surface area (Å²) in [6.45, 7) is 0. The normalized spacial score (nSPS) is 11.5. The molecule has 0 spiro atoms. The van der Waals surface area contributed by atoms with Gasteiger partial charge in [-0.25, -0.2) is 0 Å². The van der Waals surface area contributed by atoms with Crippen molar-refractivity contribution >= 4 is 23.2 Å². The number of benzene rings is 2. The fourth-order valence-corrected chi connectivity index (χ4v) is 2.94. The Morgan fingerprint density at radius 2 is 1.74 bits per heavy atom. The fourth-order valence-electron chi connectivity index (χ4n) is 2.49. The van der Waals surface area contributed by atoms with Crippen molar-refractivity contribution in [3.63, 3.8) is 0 Å². The first-order valence-electron chi connectivity index (χ1n) is 7.66. The maximum absolute atomic E-state index is 13.0. The zero-order chi connectivity index (χ0) is 19.8. The summed E-state index contributed by atoms with van der Waals surface area (Å²) in [5.74, 6) is 0.135. The van der Waals surface area contributed by atoms with Crippen molar-refractivity contribution in [3.8, 4) is 22.6 Å². The first-order chi connectivity index (χ1) is 12.6. The van der Waals surface area contributed by atoms with E-state index in [-0.39, 0.29) is 27.6 Å². The number of hydrogen-bond acceptors (Lipinski definition) is 2. The molecular formula is C19H12Cl2F3NO2. The third kappa shape index (κ3) is 4.28. The van der Waals surface area contributed by atoms with Crippen molar-refractivity contribution < 1.29 is 17.9 Å². The average Bonchev–Trinajstić information content (AvgIpc) is 2.59. The second kappa shape index (κ2) is 7.29. The van der Waals surface area contributed by atoms with Gasteiger partial charge in [-0.05, 0) is 35.9 Å². The van der Waals surface area contributed by atoms with Crippen LogP contribution < -0.4 is 10.2 Å². The van der Waals surface area contributed by atoms with Crippen molar-refractivity contribution in [2.75, 3.05) is 0 Å². The molecule has 0 amide bonds. The monoisotopic (exact) mass is 413 g/mol. The van der Waals surface area contributed by atoms with Crippen LogP contribution in [0, 0.1) is 0 Å². The molecule has 0 aliphatic heterocycles. The van der Waals surface area contributed by atoms with E-state index in [2.05, 4.69) is 0 Å². The lowest BCUT2D eigenvalue weighted by atomic mass is 10.0. The standard InChI is InChI=1S/C19H12Cl2F3NO2/c1-25-9-14(11-3-2-4-12(7-11)19(22,23)24)18(26)17(10-25)27-16-6-5-13(20)8-15(16)21/h2-10H,1H3. The number of nitrogens with zero attached hydrogens (tertiary/aromatic N) is 1. The number of pyridine rings is 1. The van der Waals surface area contributed by atoms with Crippen molar-refractivity contribution in [2.24, 2.45) is 7.05 Å². The van der Waals surface area contributed by atoms with Crippen LogP contribution in [0.3, 0.4) is 0 Å². The molecule has 1 heterocycles. The Bertz CT molecular complexity index is 1060. The lowest BCUT2D eigenvalue weighted by molar-refractivity contribution is -0.137. The highest BCUT2D eigenvalue weighted by molar-refractivity contribution is 6.35. The summed E-state index contributed by atoms with van der Waals surface area (Å²) in [6.07, 6.45) is -1.65. The van der Waals surface area contributed by atoms with E-state index in [0.29, 0.717) is 5.02 Å². The minimum atomic E-state index is -4.51. The van der Waals surface area contributed by atoms with Gasteiger partial charge < -0.3 is 9.30 Å². The van der Waals surface area contributed by atoms with Gasteiger partial charge in [0.05, 0.1) is 16.8 Å². The van der Waals surface area contributed by atoms with E-state index < -0.39 is 17.2 Å². The zero-order valence-electron chi connectivity index (χ0n) is 13.8. The van der Waals surface area contributed by atoms with Crippen molar-refractivity contribution in [1.82, 2.24) is 4.57 Å². The summed E-state index contributed by atoms with van der Waals surface area (Å²) >= 11 is 11.9. The Morgan fingerprint density at radius 1 is 1.00 bits per heavy atom. The van der Waals surface area contributed by atoms with Crippen LogP contribution in [-0.4, -0.2) is 4.57 Å². The molecule has 3 nitrogen and oxygen atoms in total. The molecule has 0 saturated carbocycles. The summed E-state index contributed by atoms with van der Waals surface area (Å²) in [4.78, 5) is 12.8. The summed E-state index contributed by atoms with van der Waals surface area (Å²) in [5, 5.41) is 0.604. The number of ether oxygens (including phenoxy) is 1. The largest absolute Gasteiger partial charge is 0.450 e. The van der Waals surface area contributed by atoms with Crippen molar-refractivity contribution in [1.29, 1.82) is 0 Å². The lowest BCUT2D eigenvalue weighted by Crippen LogP contribution is -2.12. The fraction of sp³-hybridized carbons (Fsp3) is 0.105. The van der Waals surface area contributed by atoms with E-state index in [9.17, 15) is 18.0 Å². The van der Waals surface area contributed by atoms with Gasteiger partial charge in [-0.15, -0.1) is 0 Å². The topological polar surface area (TPSA) is 31.2 Å². The van der Waals surface area contributed by atoms with Crippen LogP contribution in [0.4, 0.5) is 13.2 Å². The first-order valence-corrected chi connectivity index (χ1v) is 8.41. The third-order valence-corrected chi connectivity index (χ3v) is 4.27. The molecule has 0 unspecified atom stereocenters. The second-order valence-corrected chi connectivity index (χ2v) is 6.63. The zero-order valence-corrected chi connectivity index (χ0v) is 15.4. The van der Waals surface area contributed by atoms with Gasteiger partial charge in [0.2, 0.25) is 5.43 Å². The number of alkyl halides is 3. The predicted octanol–water partition coefficient (Wildman–Crippen LogP) is 6.17. The number of hydrogen-bond donors (Lipinski definition) is 0. The van der Waals surface area contributed by atoms with Gasteiger partial charge in [-0.1, -0.05) is 35.3 Å². The van der Waals surface area contributed by atoms with Crippen LogP contribution in [0.2, 0.25) is 10.0 Å². The Morgan fingerprint density at radius 3 is 2.41 bits per heavy atom. The van der Waals surface area contributed by atoms with Gasteiger partial charge >= 0.3 is 6.18 Å². The van der Waals surface area contributed by atoms with E-state index in [1.54, 1.807) is 13.1 Å². The molecule has 0 atom stereocenters. The Balaban J connectivity index is 2.08. The molecule has 0 saturated heterocycles. The van der Waals surface area contributed by atoms with E-state index in [1.807, 2.05) is 0 Å². The molecule has 27 heavy (non-hydrogen) atoms. The molecule has 0 radical (unpaired) electrons. The van der Waals surface area contributed by atoms with E-state index >= 15 is 0 Å². The van der Waals surface area contributed by atoms with Gasteiger partial charge in [0.15, 0.2) is 5.75 Å². The SMILES string of the molecule is Cn1cc(Oc2ccc(Cl)cc2Cl)c(=O)c(-c2cccc(C(F)(F)F)c2)c1. The molecule has 0 aliphatic carbocycles. The molecule has 140 valence electrons. The van der Waals surface area contributed by atoms with Gasteiger partial charge in [0, 0.05) is 23.8 Å². The van der Waals surface area contributed by atoms with Crippen LogP contribution in [0.5, 0.6) is 11.5 Å². The predicted molar refractivity (Wildman–Crippen MR) is 98.7 cm³/mol. The minimum Gasteiger partial charge on any atom is -0.450 e. The molecule has 0 fully saturated rings. The number of rotatable bonds is 3. The highest BCUT2D eigenvalue weighted by Crippen LogP contribution is 2.33. The van der Waals surface area contributed by atoms with Crippen LogP contribution >= 0.6 is 23.2 Å². The Kier molecular flexibility index (Phi) is 5.22. The average molecular weight is 414 g/mol. The van der Waals surface area contributed by atoms with E-state index in [1.165, 1.54) is 41.2 Å². The summed E-state index contributed by atoms with van der Waals surface area (Å²) in [5.41, 5.74) is -1.18. The molecule has 0 bridgehead atoms. The van der Waals surface area contributed by atoms with Gasteiger partial charge in [-0.3, -0.25) is 4.79 Å². The molecule has 8 heteroatoms. The molecule has 2 aromatic carbocycles. The van der Waals surface area contributed by atoms with Gasteiger partial charge in [-0.2, -0.15) is 13.2 Å². The number of aryl methyl sites for hydroxylation is 1. The maximum Gasteiger partial charge on any atom is 0.416 e. The minimum absolute atomic E-state index is 0.0726. The first kappa shape index (κ1) is 19.3. The van der Waals surface area contributed by atoms with Crippen LogP contribution in [0.25, 0.3) is 11.1 Å². The molecule has 3 rings (SSSR count).